The number of carbonyl (C=O) groups is 1. The highest BCUT2D eigenvalue weighted by Gasteiger charge is 2.21. The van der Waals surface area contributed by atoms with Gasteiger partial charge in [-0.1, -0.05) is 45.0 Å². The van der Waals surface area contributed by atoms with Crippen LogP contribution in [-0.2, 0) is 26.7 Å². The number of carbonyl (C=O) groups excluding carboxylic acids is 1. The predicted octanol–water partition coefficient (Wildman–Crippen LogP) is 5.27. The zero-order valence-electron chi connectivity index (χ0n) is 19.9. The fourth-order valence-electron chi connectivity index (χ4n) is 3.20. The summed E-state index contributed by atoms with van der Waals surface area (Å²) in [6.45, 7) is 10.1. The number of aliphatic imine (C=N–C) groups is 1. The topological polar surface area (TPSA) is 74.9 Å². The first kappa shape index (κ1) is 25.5. The van der Waals surface area contributed by atoms with Crippen LogP contribution in [0.15, 0.2) is 29.3 Å². The molecule has 2 rings (SSSR count). The fraction of sp³-hybridized carbons (Fsp3) is 0.458. The molecule has 174 valence electrons. The SMILES string of the molecule is CN=C/C(=C(/OCOC(=O)OCCCl)c1c(C)c(C)nn1C)c1ccc(C(C)(C)C)cc1. The van der Waals surface area contributed by atoms with Crippen LogP contribution in [0.1, 0.15) is 48.8 Å². The number of hydrogen-bond acceptors (Lipinski definition) is 6. The molecule has 0 aliphatic heterocycles. The highest BCUT2D eigenvalue weighted by molar-refractivity contribution is 6.18. The van der Waals surface area contributed by atoms with Crippen LogP contribution >= 0.6 is 11.6 Å². The van der Waals surface area contributed by atoms with Crippen molar-refractivity contribution in [3.05, 3.63) is 52.3 Å². The van der Waals surface area contributed by atoms with Gasteiger partial charge in [0.25, 0.3) is 0 Å². The first-order valence-electron chi connectivity index (χ1n) is 10.4. The number of hydrogen-bond donors (Lipinski definition) is 0. The summed E-state index contributed by atoms with van der Waals surface area (Å²) in [5, 5.41) is 4.51. The van der Waals surface area contributed by atoms with Crippen molar-refractivity contribution in [3.63, 3.8) is 0 Å². The third-order valence-corrected chi connectivity index (χ3v) is 5.13. The Balaban J connectivity index is 2.53. The summed E-state index contributed by atoms with van der Waals surface area (Å²) in [6, 6.07) is 8.26. The second kappa shape index (κ2) is 11.2. The zero-order valence-corrected chi connectivity index (χ0v) is 20.6. The molecule has 1 aromatic carbocycles. The number of rotatable bonds is 8. The first-order valence-corrected chi connectivity index (χ1v) is 10.9. The van der Waals surface area contributed by atoms with Crippen LogP contribution in [0, 0.1) is 13.8 Å². The molecule has 0 spiro atoms. The Hall–Kier alpha value is -2.80. The van der Waals surface area contributed by atoms with Crippen molar-refractivity contribution in [2.24, 2.45) is 12.0 Å². The summed E-state index contributed by atoms with van der Waals surface area (Å²) in [6.07, 6.45) is 0.887. The molecule has 0 saturated heterocycles. The number of nitrogens with zero attached hydrogens (tertiary/aromatic N) is 3. The van der Waals surface area contributed by atoms with E-state index in [1.54, 1.807) is 17.9 Å². The molecule has 1 heterocycles. The standard InChI is InChI=1S/C24H32ClN3O4/c1-16-17(2)27-28(7)21(16)22(31-15-32-23(29)30-13-12-25)20(14-26-6)18-8-10-19(11-9-18)24(3,4)5/h8-11,14H,12-13,15H2,1-7H3/b22-20-,26-14?. The Morgan fingerprint density at radius 3 is 2.31 bits per heavy atom. The van der Waals surface area contributed by atoms with Crippen LogP contribution in [-0.4, -0.2) is 48.5 Å². The van der Waals surface area contributed by atoms with E-state index in [1.807, 2.05) is 33.0 Å². The highest BCUT2D eigenvalue weighted by atomic mass is 35.5. The van der Waals surface area contributed by atoms with Gasteiger partial charge in [-0.25, -0.2) is 4.79 Å². The molecule has 0 saturated carbocycles. The minimum atomic E-state index is -0.844. The zero-order chi connectivity index (χ0) is 23.9. The quantitative estimate of drug-likeness (QED) is 0.176. The van der Waals surface area contributed by atoms with E-state index in [-0.39, 0.29) is 24.7 Å². The molecule has 0 radical (unpaired) electrons. The van der Waals surface area contributed by atoms with E-state index >= 15 is 0 Å². The molecule has 0 aliphatic carbocycles. The molecule has 0 N–H and O–H groups in total. The van der Waals surface area contributed by atoms with Gasteiger partial charge in [-0.2, -0.15) is 5.10 Å². The number of aromatic nitrogens is 2. The smallest absolute Gasteiger partial charge is 0.454 e. The number of ether oxygens (including phenoxy) is 3. The third-order valence-electron chi connectivity index (χ3n) is 4.98. The maximum absolute atomic E-state index is 11.7. The van der Waals surface area contributed by atoms with Gasteiger partial charge < -0.3 is 14.2 Å². The van der Waals surface area contributed by atoms with Gasteiger partial charge in [-0.05, 0) is 30.4 Å². The van der Waals surface area contributed by atoms with Crippen molar-refractivity contribution in [1.29, 1.82) is 0 Å². The van der Waals surface area contributed by atoms with Gasteiger partial charge in [0.05, 0.1) is 11.6 Å². The number of halogens is 1. The molecule has 0 unspecified atom stereocenters. The molecule has 0 amide bonds. The van der Waals surface area contributed by atoms with Gasteiger partial charge in [-0.3, -0.25) is 9.67 Å². The van der Waals surface area contributed by atoms with E-state index in [4.69, 9.17) is 25.8 Å². The lowest BCUT2D eigenvalue weighted by molar-refractivity contribution is -0.00341. The van der Waals surface area contributed by atoms with E-state index in [0.717, 1.165) is 28.1 Å². The molecule has 1 aromatic heterocycles. The van der Waals surface area contributed by atoms with Gasteiger partial charge >= 0.3 is 6.16 Å². The Labute approximate surface area is 195 Å². The van der Waals surface area contributed by atoms with Crippen LogP contribution in [0.3, 0.4) is 0 Å². The Morgan fingerprint density at radius 2 is 1.81 bits per heavy atom. The van der Waals surface area contributed by atoms with Crippen molar-refractivity contribution in [3.8, 4) is 0 Å². The normalized spacial score (nSPS) is 12.6. The van der Waals surface area contributed by atoms with Gasteiger partial charge in [0.1, 0.15) is 12.3 Å². The minimum Gasteiger partial charge on any atom is -0.454 e. The summed E-state index contributed by atoms with van der Waals surface area (Å²) >= 11 is 5.53. The van der Waals surface area contributed by atoms with E-state index in [0.29, 0.717) is 5.76 Å². The van der Waals surface area contributed by atoms with Gasteiger partial charge in [-0.15, -0.1) is 11.6 Å². The van der Waals surface area contributed by atoms with Crippen LogP contribution in [0.2, 0.25) is 0 Å². The van der Waals surface area contributed by atoms with Gasteiger partial charge in [0, 0.05) is 31.4 Å². The second-order valence-corrected chi connectivity index (χ2v) is 8.71. The summed E-state index contributed by atoms with van der Waals surface area (Å²) in [4.78, 5) is 16.0. The summed E-state index contributed by atoms with van der Waals surface area (Å²) in [5.41, 5.74) is 5.53. The average Bonchev–Trinajstić information content (AvgIpc) is 2.99. The number of allylic oxidation sites excluding steroid dienone is 1. The average molecular weight is 462 g/mol. The second-order valence-electron chi connectivity index (χ2n) is 8.33. The summed E-state index contributed by atoms with van der Waals surface area (Å²) < 4.78 is 17.6. The van der Waals surface area contributed by atoms with Crippen molar-refractivity contribution in [1.82, 2.24) is 9.78 Å². The molecular weight excluding hydrogens is 430 g/mol. The Bertz CT molecular complexity index is 986. The molecule has 0 bridgehead atoms. The van der Waals surface area contributed by atoms with Crippen LogP contribution < -0.4 is 0 Å². The lowest BCUT2D eigenvalue weighted by Gasteiger charge is -2.20. The largest absolute Gasteiger partial charge is 0.511 e. The van der Waals surface area contributed by atoms with Crippen molar-refractivity contribution in [2.75, 3.05) is 26.3 Å². The summed E-state index contributed by atoms with van der Waals surface area (Å²) in [5.74, 6) is 0.695. The summed E-state index contributed by atoms with van der Waals surface area (Å²) in [7, 11) is 3.54. The van der Waals surface area contributed by atoms with Crippen LogP contribution in [0.5, 0.6) is 0 Å². The van der Waals surface area contributed by atoms with Crippen molar-refractivity contribution < 1.29 is 19.0 Å². The Morgan fingerprint density at radius 1 is 1.16 bits per heavy atom. The van der Waals surface area contributed by atoms with Crippen LogP contribution in [0.25, 0.3) is 11.3 Å². The van der Waals surface area contributed by atoms with Crippen molar-refractivity contribution >= 4 is 35.3 Å². The molecule has 0 fully saturated rings. The molecule has 0 aliphatic rings. The van der Waals surface area contributed by atoms with Crippen molar-refractivity contribution in [2.45, 2.75) is 40.0 Å². The molecule has 8 heteroatoms. The highest BCUT2D eigenvalue weighted by Crippen LogP contribution is 2.31. The maximum Gasteiger partial charge on any atom is 0.511 e. The van der Waals surface area contributed by atoms with E-state index in [9.17, 15) is 4.79 Å². The maximum atomic E-state index is 11.7. The fourth-order valence-corrected chi connectivity index (χ4v) is 3.28. The van der Waals surface area contributed by atoms with E-state index in [1.165, 1.54) is 5.56 Å². The third kappa shape index (κ3) is 6.36. The molecule has 0 atom stereocenters. The van der Waals surface area contributed by atoms with Gasteiger partial charge in [0.15, 0.2) is 5.76 Å². The lowest BCUT2D eigenvalue weighted by atomic mass is 9.86. The number of alkyl halides is 1. The van der Waals surface area contributed by atoms with Gasteiger partial charge in [0.2, 0.25) is 6.79 Å². The lowest BCUT2D eigenvalue weighted by Crippen LogP contribution is -2.13. The minimum absolute atomic E-state index is 0.0353. The van der Waals surface area contributed by atoms with Crippen LogP contribution in [0.4, 0.5) is 4.79 Å². The monoisotopic (exact) mass is 461 g/mol. The molecule has 2 aromatic rings. The molecular formula is C24H32ClN3O4. The van der Waals surface area contributed by atoms with E-state index in [2.05, 4.69) is 43.0 Å². The Kier molecular flexibility index (Phi) is 8.89. The molecule has 32 heavy (non-hydrogen) atoms. The molecule has 7 nitrogen and oxygen atoms in total. The predicted molar refractivity (Wildman–Crippen MR) is 128 cm³/mol. The first-order chi connectivity index (χ1) is 15.1. The van der Waals surface area contributed by atoms with E-state index < -0.39 is 6.16 Å². The number of aryl methyl sites for hydroxylation is 2. The number of benzene rings is 1.